The summed E-state index contributed by atoms with van der Waals surface area (Å²) in [5.41, 5.74) is 7.14. The number of pyridine rings is 1. The molecule has 1 fully saturated rings. The molecule has 5 N–H and O–H groups in total. The number of hydrogen-bond acceptors (Lipinski definition) is 5. The van der Waals surface area contributed by atoms with Crippen LogP contribution in [-0.4, -0.2) is 39.5 Å². The van der Waals surface area contributed by atoms with E-state index in [1.54, 1.807) is 12.3 Å². The summed E-state index contributed by atoms with van der Waals surface area (Å²) in [6.45, 7) is 1.88. The Morgan fingerprint density at radius 1 is 1.65 bits per heavy atom. The lowest BCUT2D eigenvalue weighted by atomic mass is 9.91. The monoisotopic (exact) mass is 281 g/mol. The highest BCUT2D eigenvalue weighted by Gasteiger charge is 2.38. The highest BCUT2D eigenvalue weighted by Crippen LogP contribution is 2.35. The summed E-state index contributed by atoms with van der Waals surface area (Å²) in [7, 11) is 0. The predicted octanol–water partition coefficient (Wildman–Crippen LogP) is 0.901. The average molecular weight is 281 g/mol. The van der Waals surface area contributed by atoms with E-state index >= 15 is 0 Å². The molecule has 0 aliphatic carbocycles. The topological polar surface area (TPSA) is 118 Å². The van der Waals surface area contributed by atoms with Crippen molar-refractivity contribution in [1.82, 2.24) is 10.3 Å². The molecule has 1 aliphatic heterocycles. The Hall–Kier alpha value is -1.86. The Kier molecular flexibility index (Phi) is 4.41. The minimum Gasteiger partial charge on any atom is -0.465 e. The summed E-state index contributed by atoms with van der Waals surface area (Å²) in [5, 5.41) is 21.3. The molecule has 7 nitrogen and oxygen atoms in total. The van der Waals surface area contributed by atoms with Crippen LogP contribution in [0.1, 0.15) is 31.4 Å². The van der Waals surface area contributed by atoms with Gasteiger partial charge in [-0.1, -0.05) is 6.92 Å². The van der Waals surface area contributed by atoms with Gasteiger partial charge in [0.25, 0.3) is 0 Å². The van der Waals surface area contributed by atoms with E-state index in [4.69, 9.17) is 15.6 Å². The second-order valence-electron chi connectivity index (χ2n) is 4.86. The van der Waals surface area contributed by atoms with Crippen molar-refractivity contribution in [3.8, 4) is 0 Å². The minimum atomic E-state index is -1.16. The van der Waals surface area contributed by atoms with Crippen LogP contribution in [0, 0.1) is 0 Å². The lowest BCUT2D eigenvalue weighted by molar-refractivity contribution is -0.133. The van der Waals surface area contributed by atoms with Crippen LogP contribution in [0.4, 0.5) is 10.5 Å². The van der Waals surface area contributed by atoms with Gasteiger partial charge in [-0.25, -0.2) is 4.79 Å². The molecule has 0 radical (unpaired) electrons. The van der Waals surface area contributed by atoms with Crippen LogP contribution in [0.2, 0.25) is 0 Å². The molecule has 4 atom stereocenters. The van der Waals surface area contributed by atoms with Crippen molar-refractivity contribution in [3.63, 3.8) is 0 Å². The van der Waals surface area contributed by atoms with E-state index in [2.05, 4.69) is 10.3 Å². The number of aromatic nitrogens is 1. The van der Waals surface area contributed by atoms with Crippen LogP contribution in [0.15, 0.2) is 18.5 Å². The Morgan fingerprint density at radius 3 is 3.00 bits per heavy atom. The molecule has 0 aromatic carbocycles. The molecule has 2 heterocycles. The Bertz CT molecular complexity index is 482. The highest BCUT2D eigenvalue weighted by molar-refractivity contribution is 5.65. The largest absolute Gasteiger partial charge is 0.465 e. The maximum absolute atomic E-state index is 10.8. The molecule has 0 unspecified atom stereocenters. The quantitative estimate of drug-likeness (QED) is 0.654. The number of nitrogen functional groups attached to an aromatic ring is 1. The Balaban J connectivity index is 2.22. The number of nitrogens with one attached hydrogen (secondary N) is 1. The molecule has 1 aromatic rings. The molecule has 1 aliphatic rings. The van der Waals surface area contributed by atoms with Crippen LogP contribution in [0.3, 0.4) is 0 Å². The number of hydrogen-bond donors (Lipinski definition) is 4. The first kappa shape index (κ1) is 14.5. The number of aliphatic hydroxyl groups is 1. The van der Waals surface area contributed by atoms with Crippen LogP contribution in [0.5, 0.6) is 0 Å². The van der Waals surface area contributed by atoms with Crippen molar-refractivity contribution < 1.29 is 19.7 Å². The fourth-order valence-electron chi connectivity index (χ4n) is 2.53. The van der Waals surface area contributed by atoms with Crippen molar-refractivity contribution in [2.45, 2.75) is 44.1 Å². The van der Waals surface area contributed by atoms with Crippen molar-refractivity contribution >= 4 is 11.8 Å². The molecule has 1 amide bonds. The second kappa shape index (κ2) is 6.06. The zero-order chi connectivity index (χ0) is 14.7. The molecule has 1 saturated heterocycles. The number of nitrogens with two attached hydrogens (primary N) is 1. The van der Waals surface area contributed by atoms with E-state index < -0.39 is 24.3 Å². The smallest absolute Gasteiger partial charge is 0.404 e. The standard InChI is InChI=1S/C13H19N3O4/c1-2-10-12(17)9(16-13(18)19)5-11(20-10)7-3-4-15-6-8(7)14/h3-4,6,9-12,16-17H,2,5,14H2,1H3,(H,18,19)/t9-,10-,11-,12+/m0/s1. The van der Waals surface area contributed by atoms with Gasteiger partial charge in [-0.05, 0) is 12.5 Å². The van der Waals surface area contributed by atoms with Gasteiger partial charge in [-0.3, -0.25) is 4.98 Å². The summed E-state index contributed by atoms with van der Waals surface area (Å²) >= 11 is 0. The second-order valence-corrected chi connectivity index (χ2v) is 4.86. The number of anilines is 1. The molecule has 1 aromatic heterocycles. The first-order valence-electron chi connectivity index (χ1n) is 6.55. The van der Waals surface area contributed by atoms with Gasteiger partial charge < -0.3 is 26.0 Å². The Labute approximate surface area is 116 Å². The highest BCUT2D eigenvalue weighted by atomic mass is 16.5. The van der Waals surface area contributed by atoms with Crippen molar-refractivity contribution in [2.75, 3.05) is 5.73 Å². The van der Waals surface area contributed by atoms with Crippen LogP contribution in [0.25, 0.3) is 0 Å². The van der Waals surface area contributed by atoms with Crippen LogP contribution in [-0.2, 0) is 4.74 Å². The van der Waals surface area contributed by atoms with Crippen molar-refractivity contribution in [2.24, 2.45) is 0 Å². The summed E-state index contributed by atoms with van der Waals surface area (Å²) in [5.74, 6) is 0. The summed E-state index contributed by atoms with van der Waals surface area (Å²) in [6.07, 6.45) is 1.24. The number of carboxylic acid groups (broad SMARTS) is 1. The maximum atomic E-state index is 10.8. The van der Waals surface area contributed by atoms with Gasteiger partial charge >= 0.3 is 6.09 Å². The number of carbonyl (C=O) groups is 1. The zero-order valence-electron chi connectivity index (χ0n) is 11.2. The SMILES string of the molecule is CC[C@@H]1O[C@H](c2ccncc2N)C[C@H](NC(=O)O)[C@H]1O. The number of ether oxygens (including phenoxy) is 1. The normalized spacial score (nSPS) is 29.9. The number of nitrogens with zero attached hydrogens (tertiary/aromatic N) is 1. The minimum absolute atomic E-state index is 0.332. The fraction of sp³-hybridized carbons (Fsp3) is 0.538. The number of aliphatic hydroxyl groups excluding tert-OH is 1. The Morgan fingerprint density at radius 2 is 2.40 bits per heavy atom. The molecular formula is C13H19N3O4. The average Bonchev–Trinajstić information content (AvgIpc) is 2.41. The van der Waals surface area contributed by atoms with Crippen LogP contribution < -0.4 is 11.1 Å². The van der Waals surface area contributed by atoms with Gasteiger partial charge in [0, 0.05) is 18.2 Å². The van der Waals surface area contributed by atoms with E-state index in [1.807, 2.05) is 6.92 Å². The van der Waals surface area contributed by atoms with Gasteiger partial charge in [0.1, 0.15) is 6.10 Å². The van der Waals surface area contributed by atoms with Crippen LogP contribution >= 0.6 is 0 Å². The third-order valence-electron chi connectivity index (χ3n) is 3.55. The first-order valence-corrected chi connectivity index (χ1v) is 6.55. The molecule has 20 heavy (non-hydrogen) atoms. The van der Waals surface area contributed by atoms with E-state index in [0.717, 1.165) is 5.56 Å². The maximum Gasteiger partial charge on any atom is 0.404 e. The lowest BCUT2D eigenvalue weighted by Crippen LogP contribution is -2.53. The summed E-state index contributed by atoms with van der Waals surface area (Å²) in [6, 6.07) is 1.17. The number of amides is 1. The molecule has 2 rings (SSSR count). The lowest BCUT2D eigenvalue weighted by Gasteiger charge is -2.39. The van der Waals surface area contributed by atoms with E-state index in [0.29, 0.717) is 18.5 Å². The fourth-order valence-corrected chi connectivity index (χ4v) is 2.53. The van der Waals surface area contributed by atoms with Gasteiger partial charge in [-0.15, -0.1) is 0 Å². The van der Waals surface area contributed by atoms with E-state index in [1.165, 1.54) is 6.20 Å². The van der Waals surface area contributed by atoms with E-state index in [9.17, 15) is 9.90 Å². The van der Waals surface area contributed by atoms with Gasteiger partial charge in [0.2, 0.25) is 0 Å². The summed E-state index contributed by atoms with van der Waals surface area (Å²) in [4.78, 5) is 14.7. The van der Waals surface area contributed by atoms with Crippen molar-refractivity contribution in [3.05, 3.63) is 24.0 Å². The van der Waals surface area contributed by atoms with Gasteiger partial charge in [0.05, 0.1) is 30.1 Å². The molecule has 110 valence electrons. The molecule has 0 bridgehead atoms. The first-order chi connectivity index (χ1) is 9.52. The molecule has 0 saturated carbocycles. The molecular weight excluding hydrogens is 262 g/mol. The number of rotatable bonds is 3. The van der Waals surface area contributed by atoms with Crippen molar-refractivity contribution in [1.29, 1.82) is 0 Å². The molecule has 0 spiro atoms. The molecule has 7 heteroatoms. The zero-order valence-corrected chi connectivity index (χ0v) is 11.2. The van der Waals surface area contributed by atoms with Gasteiger partial charge in [-0.2, -0.15) is 0 Å². The predicted molar refractivity (Wildman–Crippen MR) is 72.1 cm³/mol. The van der Waals surface area contributed by atoms with E-state index in [-0.39, 0.29) is 6.10 Å². The third-order valence-corrected chi connectivity index (χ3v) is 3.55. The van der Waals surface area contributed by atoms with Gasteiger partial charge in [0.15, 0.2) is 0 Å². The third kappa shape index (κ3) is 3.00. The summed E-state index contributed by atoms with van der Waals surface area (Å²) < 4.78 is 5.84.